The molecular weight excluding hydrogens is 410 g/mol. The highest BCUT2D eigenvalue weighted by Gasteiger charge is 2.42. The molecule has 0 spiro atoms. The number of allylic oxidation sites excluding steroid dienone is 1. The average molecular weight is 435 g/mol. The number of carbonyl (C=O) groups excluding carboxylic acids is 1. The van der Waals surface area contributed by atoms with Gasteiger partial charge in [0, 0.05) is 35.4 Å². The molecule has 0 aromatic heterocycles. The van der Waals surface area contributed by atoms with Crippen LogP contribution in [-0.4, -0.2) is 35.3 Å². The molecule has 0 amide bonds. The first kappa shape index (κ1) is 21.5. The van der Waals surface area contributed by atoms with Gasteiger partial charge in [0.05, 0.1) is 30.4 Å². The van der Waals surface area contributed by atoms with Gasteiger partial charge in [-0.3, -0.25) is 15.1 Å². The number of nitro groups is 1. The van der Waals surface area contributed by atoms with Crippen LogP contribution in [0.5, 0.6) is 5.75 Å². The van der Waals surface area contributed by atoms with Crippen LogP contribution in [-0.2, 0) is 16.0 Å². The van der Waals surface area contributed by atoms with Crippen LogP contribution < -0.4 is 4.74 Å². The quantitative estimate of drug-likeness (QED) is 0.289. The minimum Gasteiger partial charge on any atom is -0.497 e. The van der Waals surface area contributed by atoms with Gasteiger partial charge in [-0.05, 0) is 49.9 Å². The van der Waals surface area contributed by atoms with Crippen LogP contribution in [0.25, 0.3) is 0 Å². The van der Waals surface area contributed by atoms with Crippen LogP contribution in [0, 0.1) is 16.0 Å². The van der Waals surface area contributed by atoms with Gasteiger partial charge in [0.2, 0.25) is 0 Å². The van der Waals surface area contributed by atoms with Crippen LogP contribution in [0.3, 0.4) is 0 Å². The zero-order valence-corrected chi connectivity index (χ0v) is 18.3. The third kappa shape index (κ3) is 3.95. The fourth-order valence-electron chi connectivity index (χ4n) is 4.46. The summed E-state index contributed by atoms with van der Waals surface area (Å²) < 4.78 is 10.5. The maximum atomic E-state index is 12.1. The fourth-order valence-corrected chi connectivity index (χ4v) is 4.46. The van der Waals surface area contributed by atoms with Gasteiger partial charge in [-0.1, -0.05) is 18.2 Å². The van der Waals surface area contributed by atoms with E-state index < -0.39 is 10.9 Å². The van der Waals surface area contributed by atoms with Crippen molar-refractivity contribution in [2.45, 2.75) is 32.7 Å². The molecule has 0 bridgehead atoms. The summed E-state index contributed by atoms with van der Waals surface area (Å²) in [6.07, 6.45) is 3.21. The molecule has 8 nitrogen and oxygen atoms in total. The molecule has 2 aliphatic rings. The summed E-state index contributed by atoms with van der Waals surface area (Å²) in [5.41, 5.74) is 4.78. The fraction of sp³-hybridized carbons (Fsp3) is 0.333. The Morgan fingerprint density at radius 3 is 2.69 bits per heavy atom. The number of non-ortho nitro benzene ring substituents is 1. The Morgan fingerprint density at radius 2 is 2.03 bits per heavy atom. The minimum atomic E-state index is -0.426. The van der Waals surface area contributed by atoms with E-state index in [0.29, 0.717) is 12.3 Å². The van der Waals surface area contributed by atoms with Gasteiger partial charge < -0.3 is 9.47 Å². The lowest BCUT2D eigenvalue weighted by Crippen LogP contribution is -2.28. The third-order valence-corrected chi connectivity index (χ3v) is 5.95. The number of nitrogens with zero attached hydrogens (tertiary/aromatic N) is 3. The maximum absolute atomic E-state index is 12.1. The Bertz CT molecular complexity index is 1110. The van der Waals surface area contributed by atoms with Crippen molar-refractivity contribution in [2.75, 3.05) is 13.7 Å². The summed E-state index contributed by atoms with van der Waals surface area (Å²) in [6, 6.07) is 12.4. The van der Waals surface area contributed by atoms with Crippen molar-refractivity contribution in [3.63, 3.8) is 0 Å². The molecular formula is C24H25N3O5. The van der Waals surface area contributed by atoms with Crippen molar-refractivity contribution in [1.29, 1.82) is 0 Å². The molecule has 1 aliphatic carbocycles. The van der Waals surface area contributed by atoms with Crippen molar-refractivity contribution in [3.8, 4) is 5.75 Å². The van der Waals surface area contributed by atoms with Gasteiger partial charge in [-0.2, -0.15) is 5.10 Å². The second-order valence-corrected chi connectivity index (χ2v) is 7.83. The second-order valence-electron chi connectivity index (χ2n) is 7.83. The van der Waals surface area contributed by atoms with Gasteiger partial charge in [0.1, 0.15) is 5.75 Å². The molecule has 0 N–H and O–H groups in total. The van der Waals surface area contributed by atoms with Crippen molar-refractivity contribution < 1.29 is 19.2 Å². The number of nitro benzene ring substituents is 1. The van der Waals surface area contributed by atoms with Gasteiger partial charge in [-0.25, -0.2) is 4.79 Å². The summed E-state index contributed by atoms with van der Waals surface area (Å²) in [5.74, 6) is 0.405. The summed E-state index contributed by atoms with van der Waals surface area (Å²) in [6.45, 7) is 3.87. The lowest BCUT2D eigenvalue weighted by molar-refractivity contribution is -0.384. The Balaban J connectivity index is 1.78. The second kappa shape index (κ2) is 8.82. The van der Waals surface area contributed by atoms with Crippen LogP contribution in [0.1, 0.15) is 43.0 Å². The number of rotatable bonds is 6. The van der Waals surface area contributed by atoms with Crippen LogP contribution in [0.4, 0.5) is 5.69 Å². The number of methoxy groups -OCH3 is 1. The number of esters is 1. The van der Waals surface area contributed by atoms with E-state index in [2.05, 4.69) is 6.07 Å². The number of aryl methyl sites for hydroxylation is 1. The SMILES string of the molecule is CCOC(=O)C=C(C)N1N=C2c3cc(OC)ccc3CCC2C1c1ccc([N+](=O)[O-])cc1. The van der Waals surface area contributed by atoms with Gasteiger partial charge in [0.25, 0.3) is 5.69 Å². The van der Waals surface area contributed by atoms with E-state index in [0.717, 1.165) is 35.4 Å². The predicted octanol–water partition coefficient (Wildman–Crippen LogP) is 4.39. The van der Waals surface area contributed by atoms with Crippen molar-refractivity contribution in [3.05, 3.63) is 81.0 Å². The molecule has 1 aliphatic heterocycles. The van der Waals surface area contributed by atoms with Crippen molar-refractivity contribution in [2.24, 2.45) is 11.0 Å². The molecule has 4 rings (SSSR count). The lowest BCUT2D eigenvalue weighted by atomic mass is 9.77. The molecule has 8 heteroatoms. The first-order chi connectivity index (χ1) is 15.4. The number of fused-ring (bicyclic) bond motifs is 3. The summed E-state index contributed by atoms with van der Waals surface area (Å²) >= 11 is 0. The normalized spacial score (nSPS) is 19.7. The molecule has 32 heavy (non-hydrogen) atoms. The highest BCUT2D eigenvalue weighted by atomic mass is 16.6. The first-order valence-electron chi connectivity index (χ1n) is 10.6. The molecule has 2 atom stereocenters. The number of ether oxygens (including phenoxy) is 2. The Labute approximate surface area is 186 Å². The monoisotopic (exact) mass is 435 g/mol. The van der Waals surface area contributed by atoms with E-state index >= 15 is 0 Å². The van der Waals surface area contributed by atoms with E-state index in [1.165, 1.54) is 23.8 Å². The third-order valence-electron chi connectivity index (χ3n) is 5.95. The standard InChI is InChI=1S/C24H25N3O5/c1-4-32-22(28)13-15(2)26-24(17-5-9-18(10-6-17)27(29)30)20-12-8-16-7-11-19(31-3)14-21(16)23(20)25-26/h5-7,9-11,13-14,20,24H,4,8,12H2,1-3H3. The lowest BCUT2D eigenvalue weighted by Gasteiger charge is -2.31. The zero-order chi connectivity index (χ0) is 22.8. The van der Waals surface area contributed by atoms with Crippen LogP contribution in [0.15, 0.2) is 59.3 Å². The van der Waals surface area contributed by atoms with E-state index in [4.69, 9.17) is 14.6 Å². The topological polar surface area (TPSA) is 94.3 Å². The Kier molecular flexibility index (Phi) is 5.94. The Morgan fingerprint density at radius 1 is 1.28 bits per heavy atom. The smallest absolute Gasteiger partial charge is 0.332 e. The van der Waals surface area contributed by atoms with E-state index in [1.807, 2.05) is 24.1 Å². The largest absolute Gasteiger partial charge is 0.497 e. The number of hydrogen-bond acceptors (Lipinski definition) is 7. The molecule has 2 aromatic carbocycles. The minimum absolute atomic E-state index is 0.0388. The molecule has 2 unspecified atom stereocenters. The zero-order valence-electron chi connectivity index (χ0n) is 18.3. The number of carbonyl (C=O) groups is 1. The molecule has 0 saturated heterocycles. The molecule has 166 valence electrons. The highest BCUT2D eigenvalue weighted by Crippen LogP contribution is 2.45. The summed E-state index contributed by atoms with van der Waals surface area (Å²) in [7, 11) is 1.64. The van der Waals surface area contributed by atoms with Crippen LogP contribution >= 0.6 is 0 Å². The maximum Gasteiger partial charge on any atom is 0.332 e. The van der Waals surface area contributed by atoms with Gasteiger partial charge in [0.15, 0.2) is 0 Å². The number of hydrazone groups is 1. The molecule has 0 saturated carbocycles. The van der Waals surface area contributed by atoms with Gasteiger partial charge >= 0.3 is 5.97 Å². The summed E-state index contributed by atoms with van der Waals surface area (Å²) in [4.78, 5) is 22.8. The van der Waals surface area contributed by atoms with E-state index in [-0.39, 0.29) is 17.6 Å². The molecule has 1 heterocycles. The van der Waals surface area contributed by atoms with Crippen molar-refractivity contribution >= 4 is 17.4 Å². The first-order valence-corrected chi connectivity index (χ1v) is 10.6. The predicted molar refractivity (Wildman–Crippen MR) is 119 cm³/mol. The summed E-state index contributed by atoms with van der Waals surface area (Å²) in [5, 5.41) is 17.9. The molecule has 0 fully saturated rings. The van der Waals surface area contributed by atoms with E-state index in [9.17, 15) is 14.9 Å². The molecule has 0 radical (unpaired) electrons. The van der Waals surface area contributed by atoms with Crippen LogP contribution in [0.2, 0.25) is 0 Å². The van der Waals surface area contributed by atoms with Gasteiger partial charge in [-0.15, -0.1) is 0 Å². The van der Waals surface area contributed by atoms with E-state index in [1.54, 1.807) is 26.2 Å². The number of benzene rings is 2. The Hall–Kier alpha value is -3.68. The average Bonchev–Trinajstić information content (AvgIpc) is 3.19. The molecule has 2 aromatic rings. The highest BCUT2D eigenvalue weighted by molar-refractivity contribution is 6.06. The van der Waals surface area contributed by atoms with Crippen molar-refractivity contribution in [1.82, 2.24) is 5.01 Å². The number of hydrogen-bond donors (Lipinski definition) is 0.